The van der Waals surface area contributed by atoms with E-state index in [9.17, 15) is 26.7 Å². The lowest BCUT2D eigenvalue weighted by Gasteiger charge is -2.43. The topological polar surface area (TPSA) is 86.2 Å². The zero-order chi connectivity index (χ0) is 27.2. The van der Waals surface area contributed by atoms with Crippen LogP contribution in [0.2, 0.25) is 0 Å². The molecule has 2 heterocycles. The number of piperazine rings is 1. The van der Waals surface area contributed by atoms with Crippen molar-refractivity contribution in [3.05, 3.63) is 59.8 Å². The third-order valence-electron chi connectivity index (χ3n) is 6.82. The largest absolute Gasteiger partial charge is 0.458 e. The second-order valence-electron chi connectivity index (χ2n) is 10.4. The minimum absolute atomic E-state index is 0.258. The maximum atomic E-state index is 13.7. The lowest BCUT2D eigenvalue weighted by Crippen LogP contribution is -2.62. The Morgan fingerprint density at radius 2 is 1.73 bits per heavy atom. The highest BCUT2D eigenvalue weighted by Crippen LogP contribution is 2.62. The number of rotatable bonds is 6. The third kappa shape index (κ3) is 5.38. The number of hydrazine groups is 1. The van der Waals surface area contributed by atoms with Crippen LogP contribution in [0.15, 0.2) is 48.7 Å². The molecule has 1 saturated heterocycles. The van der Waals surface area contributed by atoms with E-state index in [1.807, 2.05) is 37.3 Å². The highest BCUT2D eigenvalue weighted by molar-refractivity contribution is 7.76. The van der Waals surface area contributed by atoms with Gasteiger partial charge in [-0.15, -0.1) is 4.41 Å². The van der Waals surface area contributed by atoms with Crippen LogP contribution in [0, 0.1) is 5.92 Å². The minimum Gasteiger partial charge on any atom is -0.458 e. The number of hydrogen-bond acceptors (Lipinski definition) is 6. The molecule has 1 aliphatic carbocycles. The van der Waals surface area contributed by atoms with E-state index in [-0.39, 0.29) is 24.9 Å². The van der Waals surface area contributed by atoms with Gasteiger partial charge in [-0.05, 0) is 44.4 Å². The van der Waals surface area contributed by atoms with E-state index in [2.05, 4.69) is 4.98 Å². The fourth-order valence-corrected chi connectivity index (χ4v) is 6.07. The average Bonchev–Trinajstić information content (AvgIpc) is 3.43. The summed E-state index contributed by atoms with van der Waals surface area (Å²) in [6.45, 7) is 8.30. The summed E-state index contributed by atoms with van der Waals surface area (Å²) >= 11 is -2.54. The van der Waals surface area contributed by atoms with Crippen LogP contribution in [-0.4, -0.2) is 66.5 Å². The number of ether oxygens (including phenoxy) is 1. The minimum atomic E-state index is -4.47. The smallest absolute Gasteiger partial charge is 0.417 e. The Labute approximate surface area is 216 Å². The number of carbonyl (C=O) groups is 1. The van der Waals surface area contributed by atoms with E-state index in [4.69, 9.17) is 4.74 Å². The van der Waals surface area contributed by atoms with Crippen LogP contribution >= 0.6 is 0 Å². The molecule has 1 aliphatic heterocycles. The molecule has 1 saturated carbocycles. The number of hydrogen-bond donors (Lipinski definition) is 1. The highest BCUT2D eigenvalue weighted by Gasteiger charge is 2.75. The van der Waals surface area contributed by atoms with Crippen LogP contribution in [0.5, 0.6) is 0 Å². The molecular formula is C25H31F3N4O4S. The first-order valence-electron chi connectivity index (χ1n) is 12.0. The zero-order valence-corrected chi connectivity index (χ0v) is 21.9. The van der Waals surface area contributed by atoms with Crippen molar-refractivity contribution in [2.75, 3.05) is 31.1 Å². The summed E-state index contributed by atoms with van der Waals surface area (Å²) in [6.07, 6.45) is -3.67. The Hall–Kier alpha value is -2.54. The van der Waals surface area contributed by atoms with Gasteiger partial charge in [-0.2, -0.15) is 13.2 Å². The van der Waals surface area contributed by atoms with Crippen molar-refractivity contribution in [3.63, 3.8) is 0 Å². The van der Waals surface area contributed by atoms with Gasteiger partial charge in [0.2, 0.25) is 11.3 Å². The summed E-state index contributed by atoms with van der Waals surface area (Å²) < 4.78 is 69.0. The Balaban J connectivity index is 1.59. The Morgan fingerprint density at radius 3 is 2.22 bits per heavy atom. The fraction of sp³-hybridized carbons (Fsp3) is 0.520. The molecule has 2 aromatic rings. The summed E-state index contributed by atoms with van der Waals surface area (Å²) in [7, 11) is 0. The van der Waals surface area contributed by atoms with E-state index in [0.29, 0.717) is 18.9 Å². The Bertz CT molecular complexity index is 1140. The number of benzene rings is 1. The van der Waals surface area contributed by atoms with Gasteiger partial charge in [0, 0.05) is 38.3 Å². The standard InChI is InChI=1S/C25H31F3N4O4S/c1-17-21(18-8-6-5-7-9-18)24(17,22(33)36-23(2,3)4)32(37(34)35)31-14-12-30(13-15-31)20-11-10-19(16-29-20)25(26,27)28/h5-11,16-17,21H,12-15H2,1-4H3,(H,34,35). The SMILES string of the molecule is CC1C(c2ccccc2)C1(C(=O)OC(C)(C)C)N(N1CCN(c2ccc(C(F)(F)F)cn2)CC1)S(=O)O. The first-order chi connectivity index (χ1) is 17.3. The van der Waals surface area contributed by atoms with E-state index < -0.39 is 40.1 Å². The number of nitrogens with zero attached hydrogens (tertiary/aromatic N) is 4. The summed E-state index contributed by atoms with van der Waals surface area (Å²) in [5.41, 5.74) is -2.15. The third-order valence-corrected chi connectivity index (χ3v) is 7.65. The van der Waals surface area contributed by atoms with Crippen LogP contribution in [-0.2, 0) is 27.0 Å². The molecule has 0 amide bonds. The summed E-state index contributed by atoms with van der Waals surface area (Å²) in [5.74, 6) is -0.867. The Morgan fingerprint density at radius 1 is 1.11 bits per heavy atom. The number of esters is 1. The van der Waals surface area contributed by atoms with Gasteiger partial charge in [-0.3, -0.25) is 4.55 Å². The van der Waals surface area contributed by atoms with Gasteiger partial charge < -0.3 is 9.64 Å². The van der Waals surface area contributed by atoms with Crippen molar-refractivity contribution in [1.82, 2.24) is 14.4 Å². The molecule has 4 atom stereocenters. The maximum Gasteiger partial charge on any atom is 0.417 e. The molecule has 2 aliphatic rings. The van der Waals surface area contributed by atoms with E-state index >= 15 is 0 Å². The molecule has 0 spiro atoms. The molecule has 12 heteroatoms. The lowest BCUT2D eigenvalue weighted by atomic mass is 10.1. The normalized spacial score (nSPS) is 25.7. The number of carbonyl (C=O) groups excluding carboxylic acids is 1. The van der Waals surface area contributed by atoms with Gasteiger partial charge >= 0.3 is 12.1 Å². The number of anilines is 1. The summed E-state index contributed by atoms with van der Waals surface area (Å²) in [4.78, 5) is 19.4. The van der Waals surface area contributed by atoms with Crippen LogP contribution in [0.4, 0.5) is 19.0 Å². The second-order valence-corrected chi connectivity index (χ2v) is 11.2. The highest BCUT2D eigenvalue weighted by atomic mass is 32.2. The number of pyridine rings is 1. The number of alkyl halides is 3. The van der Waals surface area contributed by atoms with Crippen LogP contribution in [0.3, 0.4) is 0 Å². The molecule has 4 unspecified atom stereocenters. The maximum absolute atomic E-state index is 13.7. The molecule has 1 N–H and O–H groups in total. The van der Waals surface area contributed by atoms with Gasteiger partial charge in [-0.25, -0.2) is 19.0 Å². The van der Waals surface area contributed by atoms with Crippen molar-refractivity contribution >= 4 is 23.1 Å². The van der Waals surface area contributed by atoms with Crippen LogP contribution < -0.4 is 4.90 Å². The quantitative estimate of drug-likeness (QED) is 0.436. The molecule has 8 nitrogen and oxygen atoms in total. The van der Waals surface area contributed by atoms with Gasteiger partial charge in [0.15, 0.2) is 5.54 Å². The predicted molar refractivity (Wildman–Crippen MR) is 133 cm³/mol. The predicted octanol–water partition coefficient (Wildman–Crippen LogP) is 4.09. The van der Waals surface area contributed by atoms with Crippen molar-refractivity contribution in [3.8, 4) is 0 Å². The fourth-order valence-electron chi connectivity index (χ4n) is 5.10. The van der Waals surface area contributed by atoms with Crippen molar-refractivity contribution in [1.29, 1.82) is 0 Å². The summed E-state index contributed by atoms with van der Waals surface area (Å²) in [5, 5.41) is 1.67. The van der Waals surface area contributed by atoms with E-state index in [1.165, 1.54) is 10.5 Å². The molecule has 0 bridgehead atoms. The molecule has 202 valence electrons. The van der Waals surface area contributed by atoms with Gasteiger partial charge in [0.05, 0.1) is 5.56 Å². The lowest BCUT2D eigenvalue weighted by molar-refractivity contribution is -0.168. The van der Waals surface area contributed by atoms with Crippen LogP contribution in [0.25, 0.3) is 0 Å². The average molecular weight is 541 g/mol. The first kappa shape index (κ1) is 27.5. The van der Waals surface area contributed by atoms with E-state index in [1.54, 1.807) is 30.7 Å². The molecule has 0 radical (unpaired) electrons. The van der Waals surface area contributed by atoms with Crippen molar-refractivity contribution in [2.24, 2.45) is 5.92 Å². The molecule has 37 heavy (non-hydrogen) atoms. The van der Waals surface area contributed by atoms with Crippen LogP contribution in [0.1, 0.15) is 44.7 Å². The molecule has 1 aromatic heterocycles. The molecule has 2 fully saturated rings. The summed E-state index contributed by atoms with van der Waals surface area (Å²) in [6, 6.07) is 11.7. The second kappa shape index (κ2) is 9.97. The first-order valence-corrected chi connectivity index (χ1v) is 13.1. The molecular weight excluding hydrogens is 509 g/mol. The van der Waals surface area contributed by atoms with Crippen molar-refractivity contribution < 1.29 is 31.5 Å². The number of halogens is 3. The zero-order valence-electron chi connectivity index (χ0n) is 21.1. The monoisotopic (exact) mass is 540 g/mol. The van der Waals surface area contributed by atoms with E-state index in [0.717, 1.165) is 17.8 Å². The van der Waals surface area contributed by atoms with Gasteiger partial charge in [0.25, 0.3) is 0 Å². The molecule has 1 aromatic carbocycles. The molecule has 4 rings (SSSR count). The Kier molecular flexibility index (Phi) is 7.41. The van der Waals surface area contributed by atoms with Gasteiger partial charge in [-0.1, -0.05) is 37.3 Å². The van der Waals surface area contributed by atoms with Gasteiger partial charge in [0.1, 0.15) is 11.4 Å². The van der Waals surface area contributed by atoms with Crippen molar-refractivity contribution in [2.45, 2.75) is 50.9 Å². The number of aromatic nitrogens is 1.